The van der Waals surface area contributed by atoms with Gasteiger partial charge in [0.15, 0.2) is 0 Å². The molecular weight excluding hydrogens is 202 g/mol. The molecule has 0 atom stereocenters. The van der Waals surface area contributed by atoms with E-state index < -0.39 is 0 Å². The second-order valence-corrected chi connectivity index (χ2v) is 3.82. The lowest BCUT2D eigenvalue weighted by atomic mass is 10.2. The Bertz CT molecular complexity index is 264. The number of hydrogen-bond donors (Lipinski definition) is 1. The number of aliphatic hydroxyl groups is 1. The van der Waals surface area contributed by atoms with Gasteiger partial charge < -0.3 is 9.94 Å². The molecule has 0 saturated carbocycles. The molecule has 0 aliphatic heterocycles. The van der Waals surface area contributed by atoms with Crippen LogP contribution in [-0.4, -0.2) is 30.4 Å². The summed E-state index contributed by atoms with van der Waals surface area (Å²) in [5.74, 6) is 0. The summed E-state index contributed by atoms with van der Waals surface area (Å²) < 4.78 is 0. The lowest BCUT2D eigenvalue weighted by molar-refractivity contribution is -0.139. The average Bonchev–Trinajstić information content (AvgIpc) is 2.34. The first-order valence-corrected chi connectivity index (χ1v) is 5.80. The van der Waals surface area contributed by atoms with E-state index in [4.69, 9.17) is 9.94 Å². The van der Waals surface area contributed by atoms with Crippen molar-refractivity contribution in [2.75, 3.05) is 20.3 Å². The molecule has 0 saturated heterocycles. The smallest absolute Gasteiger partial charge is 0.0575 e. The molecule has 3 nitrogen and oxygen atoms in total. The Labute approximate surface area is 97.6 Å². The highest BCUT2D eigenvalue weighted by Gasteiger charge is 2.03. The number of benzene rings is 1. The molecule has 0 aromatic heterocycles. The number of hydrogen-bond acceptors (Lipinski definition) is 3. The van der Waals surface area contributed by atoms with E-state index in [1.54, 1.807) is 7.11 Å². The van der Waals surface area contributed by atoms with Crippen LogP contribution in [0, 0.1) is 0 Å². The van der Waals surface area contributed by atoms with Gasteiger partial charge in [0.1, 0.15) is 0 Å². The minimum atomic E-state index is 0.283. The normalized spacial score (nSPS) is 10.9. The Morgan fingerprint density at radius 2 is 1.88 bits per heavy atom. The van der Waals surface area contributed by atoms with Crippen LogP contribution in [0.1, 0.15) is 24.8 Å². The van der Waals surface area contributed by atoms with Crippen LogP contribution in [0.25, 0.3) is 0 Å². The van der Waals surface area contributed by atoms with Gasteiger partial charge >= 0.3 is 0 Å². The fraction of sp³-hybridized carbons (Fsp3) is 0.538. The summed E-state index contributed by atoms with van der Waals surface area (Å²) in [6, 6.07) is 10.3. The van der Waals surface area contributed by atoms with Crippen molar-refractivity contribution in [3.05, 3.63) is 35.9 Å². The average molecular weight is 223 g/mol. The summed E-state index contributed by atoms with van der Waals surface area (Å²) in [7, 11) is 1.70. The van der Waals surface area contributed by atoms with Gasteiger partial charge in [0.05, 0.1) is 7.11 Å². The Balaban J connectivity index is 2.26. The molecule has 90 valence electrons. The monoisotopic (exact) mass is 223 g/mol. The lowest BCUT2D eigenvalue weighted by Gasteiger charge is -2.19. The van der Waals surface area contributed by atoms with E-state index in [0.717, 1.165) is 32.4 Å². The maximum Gasteiger partial charge on any atom is 0.0575 e. The predicted molar refractivity (Wildman–Crippen MR) is 64.8 cm³/mol. The summed E-state index contributed by atoms with van der Waals surface area (Å²) in [4.78, 5) is 5.31. The third kappa shape index (κ3) is 5.26. The first-order valence-electron chi connectivity index (χ1n) is 5.80. The van der Waals surface area contributed by atoms with E-state index in [1.807, 2.05) is 23.3 Å². The van der Waals surface area contributed by atoms with E-state index in [2.05, 4.69) is 12.1 Å². The molecule has 16 heavy (non-hydrogen) atoms. The van der Waals surface area contributed by atoms with E-state index in [9.17, 15) is 0 Å². The van der Waals surface area contributed by atoms with Crippen LogP contribution < -0.4 is 0 Å². The molecule has 0 fully saturated rings. The molecule has 0 radical (unpaired) electrons. The van der Waals surface area contributed by atoms with Crippen molar-refractivity contribution in [2.24, 2.45) is 0 Å². The molecule has 0 unspecified atom stereocenters. The molecule has 1 rings (SSSR count). The van der Waals surface area contributed by atoms with Crippen molar-refractivity contribution in [1.82, 2.24) is 5.06 Å². The van der Waals surface area contributed by atoms with Crippen LogP contribution in [0.5, 0.6) is 0 Å². The first kappa shape index (κ1) is 13.2. The molecule has 3 heteroatoms. The van der Waals surface area contributed by atoms with E-state index in [1.165, 1.54) is 5.56 Å². The Morgan fingerprint density at radius 1 is 1.12 bits per heavy atom. The zero-order chi connectivity index (χ0) is 11.6. The molecule has 1 aromatic rings. The lowest BCUT2D eigenvalue weighted by Crippen LogP contribution is -2.23. The molecular formula is C13H21NO2. The Kier molecular flexibility index (Phi) is 6.81. The fourth-order valence-corrected chi connectivity index (χ4v) is 1.60. The number of hydroxylamine groups is 2. The Hall–Kier alpha value is -0.900. The Morgan fingerprint density at radius 3 is 2.50 bits per heavy atom. The summed E-state index contributed by atoms with van der Waals surface area (Å²) >= 11 is 0. The van der Waals surface area contributed by atoms with Crippen LogP contribution in [0.4, 0.5) is 0 Å². The zero-order valence-electron chi connectivity index (χ0n) is 9.93. The molecule has 0 spiro atoms. The third-order valence-electron chi connectivity index (χ3n) is 2.53. The summed E-state index contributed by atoms with van der Waals surface area (Å²) in [6.07, 6.45) is 2.98. The summed E-state index contributed by atoms with van der Waals surface area (Å²) in [6.45, 7) is 2.01. The number of aliphatic hydroxyl groups excluding tert-OH is 1. The fourth-order valence-electron chi connectivity index (χ4n) is 1.60. The predicted octanol–water partition coefficient (Wildman–Crippen LogP) is 2.21. The van der Waals surface area contributed by atoms with E-state index in [0.29, 0.717) is 0 Å². The maximum absolute atomic E-state index is 8.68. The van der Waals surface area contributed by atoms with Crippen molar-refractivity contribution in [2.45, 2.75) is 25.8 Å². The van der Waals surface area contributed by atoms with Gasteiger partial charge in [-0.2, -0.15) is 5.06 Å². The van der Waals surface area contributed by atoms with Crippen LogP contribution in [0.3, 0.4) is 0 Å². The van der Waals surface area contributed by atoms with Crippen molar-refractivity contribution in [3.63, 3.8) is 0 Å². The minimum absolute atomic E-state index is 0.283. The van der Waals surface area contributed by atoms with Crippen molar-refractivity contribution in [3.8, 4) is 0 Å². The number of unbranched alkanes of at least 4 members (excludes halogenated alkanes) is 2. The van der Waals surface area contributed by atoms with Crippen molar-refractivity contribution >= 4 is 0 Å². The highest BCUT2D eigenvalue weighted by Crippen LogP contribution is 2.06. The maximum atomic E-state index is 8.68. The van der Waals surface area contributed by atoms with Gasteiger partial charge in [-0.3, -0.25) is 0 Å². The molecule has 0 heterocycles. The van der Waals surface area contributed by atoms with Crippen molar-refractivity contribution < 1.29 is 9.94 Å². The summed E-state index contributed by atoms with van der Waals surface area (Å²) in [5.41, 5.74) is 1.26. The molecule has 1 N–H and O–H groups in total. The zero-order valence-corrected chi connectivity index (χ0v) is 9.93. The van der Waals surface area contributed by atoms with Crippen molar-refractivity contribution in [1.29, 1.82) is 0 Å². The summed E-state index contributed by atoms with van der Waals surface area (Å²) in [5, 5.41) is 10.6. The van der Waals surface area contributed by atoms with Crippen LogP contribution in [0.2, 0.25) is 0 Å². The van der Waals surface area contributed by atoms with Gasteiger partial charge in [0.25, 0.3) is 0 Å². The largest absolute Gasteiger partial charge is 0.396 e. The molecule has 0 amide bonds. The standard InChI is InChI=1S/C13H21NO2/c1-16-14(10-6-3-7-11-15)12-13-8-4-2-5-9-13/h2,4-5,8-9,15H,3,6-7,10-12H2,1H3. The van der Waals surface area contributed by atoms with Gasteiger partial charge in [0.2, 0.25) is 0 Å². The number of rotatable bonds is 8. The molecule has 0 aliphatic rings. The number of nitrogens with zero attached hydrogens (tertiary/aromatic N) is 1. The van der Waals surface area contributed by atoms with Crippen LogP contribution in [0.15, 0.2) is 30.3 Å². The van der Waals surface area contributed by atoms with Crippen LogP contribution >= 0.6 is 0 Å². The first-order chi connectivity index (χ1) is 7.86. The van der Waals surface area contributed by atoms with E-state index >= 15 is 0 Å². The van der Waals surface area contributed by atoms with Gasteiger partial charge in [-0.25, -0.2) is 0 Å². The minimum Gasteiger partial charge on any atom is -0.396 e. The van der Waals surface area contributed by atoms with Gasteiger partial charge in [0, 0.05) is 19.7 Å². The van der Waals surface area contributed by atoms with Gasteiger partial charge in [-0.1, -0.05) is 30.3 Å². The second kappa shape index (κ2) is 8.28. The molecule has 0 aliphatic carbocycles. The SMILES string of the molecule is CON(CCCCCO)Cc1ccccc1. The topological polar surface area (TPSA) is 32.7 Å². The third-order valence-corrected chi connectivity index (χ3v) is 2.53. The highest BCUT2D eigenvalue weighted by atomic mass is 16.7. The second-order valence-electron chi connectivity index (χ2n) is 3.82. The highest BCUT2D eigenvalue weighted by molar-refractivity contribution is 5.14. The van der Waals surface area contributed by atoms with E-state index in [-0.39, 0.29) is 6.61 Å². The van der Waals surface area contributed by atoms with Gasteiger partial charge in [-0.05, 0) is 24.8 Å². The van der Waals surface area contributed by atoms with Gasteiger partial charge in [-0.15, -0.1) is 0 Å². The quantitative estimate of drug-likeness (QED) is 0.542. The molecule has 0 bridgehead atoms. The molecule has 1 aromatic carbocycles. The van der Waals surface area contributed by atoms with Crippen LogP contribution in [-0.2, 0) is 11.4 Å².